The third-order valence-corrected chi connectivity index (χ3v) is 2.33. The summed E-state index contributed by atoms with van der Waals surface area (Å²) in [5, 5.41) is 13.8. The quantitative estimate of drug-likeness (QED) is 0.608. The number of anilines is 1. The third kappa shape index (κ3) is 1.91. The minimum Gasteiger partial charge on any atom is -0.399 e. The zero-order valence-electron chi connectivity index (χ0n) is 8.35. The number of nitrogens with zero attached hydrogens (tertiary/aromatic N) is 3. The van der Waals surface area contributed by atoms with Gasteiger partial charge in [-0.15, -0.1) is 0 Å². The number of hydrogen-bond acceptors (Lipinski definition) is 3. The van der Waals surface area contributed by atoms with E-state index < -0.39 is 0 Å². The van der Waals surface area contributed by atoms with Gasteiger partial charge in [-0.2, -0.15) is 10.4 Å². The Bertz CT molecular complexity index is 507. The fourth-order valence-electron chi connectivity index (χ4n) is 1.57. The summed E-state index contributed by atoms with van der Waals surface area (Å²) in [6.45, 7) is 0.764. The largest absolute Gasteiger partial charge is 0.399 e. The van der Waals surface area contributed by atoms with Crippen molar-refractivity contribution in [3.8, 4) is 6.07 Å². The topological polar surface area (TPSA) is 67.6 Å². The van der Waals surface area contributed by atoms with E-state index in [0.717, 1.165) is 29.6 Å². The highest BCUT2D eigenvalue weighted by Gasteiger charge is 2.02. The van der Waals surface area contributed by atoms with Gasteiger partial charge in [0.05, 0.1) is 17.8 Å². The summed E-state index contributed by atoms with van der Waals surface area (Å²) < 4.78 is 1.89. The first kappa shape index (κ1) is 9.53. The summed E-state index contributed by atoms with van der Waals surface area (Å²) in [5.41, 5.74) is 7.49. The van der Waals surface area contributed by atoms with E-state index in [4.69, 9.17) is 11.0 Å². The van der Waals surface area contributed by atoms with Crippen LogP contribution in [0, 0.1) is 11.3 Å². The molecule has 2 N–H and O–H groups in total. The van der Waals surface area contributed by atoms with E-state index in [1.807, 2.05) is 29.1 Å². The molecule has 0 bridgehead atoms. The number of rotatable bonds is 3. The van der Waals surface area contributed by atoms with Crippen LogP contribution < -0.4 is 5.73 Å². The van der Waals surface area contributed by atoms with Gasteiger partial charge in [0.2, 0.25) is 0 Å². The molecule has 4 heteroatoms. The van der Waals surface area contributed by atoms with Crippen molar-refractivity contribution < 1.29 is 0 Å². The minimum atomic E-state index is 0.559. The molecule has 0 fully saturated rings. The Hall–Kier alpha value is -2.02. The maximum Gasteiger partial charge on any atom is 0.0702 e. The van der Waals surface area contributed by atoms with Crippen molar-refractivity contribution in [2.75, 3.05) is 5.73 Å². The van der Waals surface area contributed by atoms with Gasteiger partial charge in [0, 0.05) is 24.0 Å². The second-order valence-electron chi connectivity index (χ2n) is 3.45. The van der Waals surface area contributed by atoms with Crippen LogP contribution in [0.5, 0.6) is 0 Å². The molecule has 0 atom stereocenters. The van der Waals surface area contributed by atoms with Crippen LogP contribution in [0.2, 0.25) is 0 Å². The summed E-state index contributed by atoms with van der Waals surface area (Å²) in [5.74, 6) is 0. The van der Waals surface area contributed by atoms with Crippen molar-refractivity contribution >= 4 is 16.6 Å². The van der Waals surface area contributed by atoms with Crippen LogP contribution in [-0.2, 0) is 6.54 Å². The van der Waals surface area contributed by atoms with Gasteiger partial charge in [-0.05, 0) is 24.6 Å². The first-order valence-electron chi connectivity index (χ1n) is 4.89. The predicted molar refractivity (Wildman–Crippen MR) is 59.0 cm³/mol. The zero-order valence-corrected chi connectivity index (χ0v) is 8.35. The highest BCUT2D eigenvalue weighted by atomic mass is 15.3. The molecule has 0 radical (unpaired) electrons. The first-order chi connectivity index (χ1) is 7.31. The molecule has 0 aliphatic carbocycles. The van der Waals surface area contributed by atoms with Gasteiger partial charge >= 0.3 is 0 Å². The second-order valence-corrected chi connectivity index (χ2v) is 3.45. The van der Waals surface area contributed by atoms with Crippen LogP contribution in [0.1, 0.15) is 12.8 Å². The lowest BCUT2D eigenvalue weighted by Gasteiger charge is -2.01. The molecule has 76 valence electrons. The number of aryl methyl sites for hydroxylation is 1. The maximum absolute atomic E-state index is 8.45. The zero-order chi connectivity index (χ0) is 10.7. The second kappa shape index (κ2) is 4.01. The fraction of sp³-hybridized carbons (Fsp3) is 0.273. The van der Waals surface area contributed by atoms with Crippen LogP contribution >= 0.6 is 0 Å². The number of nitrogens with two attached hydrogens (primary N) is 1. The normalized spacial score (nSPS) is 10.3. The lowest BCUT2D eigenvalue weighted by Crippen LogP contribution is -1.99. The molecule has 1 heterocycles. The summed E-state index contributed by atoms with van der Waals surface area (Å²) in [6, 6.07) is 7.86. The molecular weight excluding hydrogens is 188 g/mol. The van der Waals surface area contributed by atoms with Crippen molar-refractivity contribution in [1.82, 2.24) is 9.78 Å². The van der Waals surface area contributed by atoms with Gasteiger partial charge in [0.15, 0.2) is 0 Å². The van der Waals surface area contributed by atoms with Gasteiger partial charge < -0.3 is 5.73 Å². The van der Waals surface area contributed by atoms with Crippen molar-refractivity contribution in [1.29, 1.82) is 5.26 Å². The van der Waals surface area contributed by atoms with Crippen molar-refractivity contribution in [3.63, 3.8) is 0 Å². The van der Waals surface area contributed by atoms with Crippen molar-refractivity contribution in [3.05, 3.63) is 24.4 Å². The summed E-state index contributed by atoms with van der Waals surface area (Å²) in [4.78, 5) is 0. The summed E-state index contributed by atoms with van der Waals surface area (Å²) in [6.07, 6.45) is 3.20. The molecule has 4 nitrogen and oxygen atoms in total. The molecule has 0 unspecified atom stereocenters. The molecule has 0 amide bonds. The lowest BCUT2D eigenvalue weighted by atomic mass is 10.2. The molecule has 2 aromatic rings. The van der Waals surface area contributed by atoms with E-state index in [1.54, 1.807) is 0 Å². The first-order valence-corrected chi connectivity index (χ1v) is 4.89. The average molecular weight is 200 g/mol. The van der Waals surface area contributed by atoms with E-state index in [1.165, 1.54) is 0 Å². The Balaban J connectivity index is 2.28. The number of fused-ring (bicyclic) bond motifs is 1. The van der Waals surface area contributed by atoms with E-state index in [2.05, 4.69) is 11.2 Å². The number of nitriles is 1. The van der Waals surface area contributed by atoms with Gasteiger partial charge in [-0.3, -0.25) is 4.68 Å². The number of benzene rings is 1. The lowest BCUT2D eigenvalue weighted by molar-refractivity contribution is 0.604. The molecule has 0 saturated heterocycles. The van der Waals surface area contributed by atoms with Crippen LogP contribution in [0.3, 0.4) is 0 Å². The molecule has 0 aliphatic heterocycles. The number of unbranched alkanes of at least 4 members (excludes halogenated alkanes) is 1. The molecular formula is C11H12N4. The van der Waals surface area contributed by atoms with Crippen LogP contribution in [-0.4, -0.2) is 9.78 Å². The van der Waals surface area contributed by atoms with E-state index >= 15 is 0 Å². The number of aromatic nitrogens is 2. The summed E-state index contributed by atoms with van der Waals surface area (Å²) in [7, 11) is 0. The van der Waals surface area contributed by atoms with Crippen LogP contribution in [0.4, 0.5) is 5.69 Å². The maximum atomic E-state index is 8.45. The van der Waals surface area contributed by atoms with Gasteiger partial charge in [-0.25, -0.2) is 0 Å². The molecule has 0 saturated carbocycles. The van der Waals surface area contributed by atoms with Crippen LogP contribution in [0.15, 0.2) is 24.4 Å². The van der Waals surface area contributed by atoms with Gasteiger partial charge in [0.1, 0.15) is 0 Å². The van der Waals surface area contributed by atoms with Gasteiger partial charge in [0.25, 0.3) is 0 Å². The monoisotopic (exact) mass is 200 g/mol. The molecule has 1 aromatic carbocycles. The fourth-order valence-corrected chi connectivity index (χ4v) is 1.57. The Morgan fingerprint density at radius 2 is 2.33 bits per heavy atom. The van der Waals surface area contributed by atoms with Crippen molar-refractivity contribution in [2.24, 2.45) is 0 Å². The standard InChI is InChI=1S/C11H12N4/c12-5-1-2-6-15-11-7-10(13)4-3-9(11)8-14-15/h3-4,7-8H,1-2,6,13H2. The highest BCUT2D eigenvalue weighted by molar-refractivity contribution is 5.81. The number of nitrogen functional groups attached to an aromatic ring is 1. The molecule has 2 rings (SSSR count). The smallest absolute Gasteiger partial charge is 0.0702 e. The van der Waals surface area contributed by atoms with E-state index in [9.17, 15) is 0 Å². The molecule has 0 aliphatic rings. The minimum absolute atomic E-state index is 0.559. The average Bonchev–Trinajstić information content (AvgIpc) is 2.62. The third-order valence-electron chi connectivity index (χ3n) is 2.33. The summed E-state index contributed by atoms with van der Waals surface area (Å²) >= 11 is 0. The van der Waals surface area contributed by atoms with E-state index in [-0.39, 0.29) is 0 Å². The van der Waals surface area contributed by atoms with Gasteiger partial charge in [-0.1, -0.05) is 0 Å². The Labute approximate surface area is 87.9 Å². The molecule has 15 heavy (non-hydrogen) atoms. The van der Waals surface area contributed by atoms with Crippen molar-refractivity contribution in [2.45, 2.75) is 19.4 Å². The van der Waals surface area contributed by atoms with Crippen LogP contribution in [0.25, 0.3) is 10.9 Å². The Kier molecular flexibility index (Phi) is 2.55. The Morgan fingerprint density at radius 1 is 1.47 bits per heavy atom. The highest BCUT2D eigenvalue weighted by Crippen LogP contribution is 2.17. The number of hydrogen-bond donors (Lipinski definition) is 1. The molecule has 0 spiro atoms. The predicted octanol–water partition coefficient (Wildman–Crippen LogP) is 1.92. The Morgan fingerprint density at radius 3 is 3.13 bits per heavy atom. The van der Waals surface area contributed by atoms with E-state index in [0.29, 0.717) is 6.42 Å². The molecule has 1 aromatic heterocycles. The SMILES string of the molecule is N#CCCCn1ncc2ccc(N)cc21.